The SMILES string of the molecule is O=P([O-])([O-])[S-].[O-]P([O-])([O-])=S.[O-]P([O-])([O-])=S.[O-]P([O-])([O-])=S.[Pb].[Pb].[Pb]. The Balaban J connectivity index is -0.0000000284. The van der Waals surface area contributed by atoms with Crippen LogP contribution in [0, 0.1) is 0 Å². The number of hydrogen-bond donors (Lipinski definition) is 0. The molecule has 0 rings (SSSR count). The molecule has 0 aliphatic heterocycles. The summed E-state index contributed by atoms with van der Waals surface area (Å²) in [5, 5.41) is 0. The molecule has 0 heterocycles. The van der Waals surface area contributed by atoms with E-state index in [2.05, 4.69) is 47.7 Å². The van der Waals surface area contributed by atoms with Crippen LogP contribution in [0.15, 0.2) is 0 Å². The fraction of sp³-hybridized carbons (Fsp3) is 0. The molecule has 140 valence electrons. The van der Waals surface area contributed by atoms with Crippen molar-refractivity contribution in [1.29, 1.82) is 0 Å². The Morgan fingerprint density at radius 2 is 0.522 bits per heavy atom. The Morgan fingerprint density at radius 1 is 0.522 bits per heavy atom. The van der Waals surface area contributed by atoms with Gasteiger partial charge in [0.2, 0.25) is 0 Å². The number of rotatable bonds is 0. The van der Waals surface area contributed by atoms with Crippen LogP contribution < -0.4 is 53.8 Å². The van der Waals surface area contributed by atoms with Crippen LogP contribution in [0.25, 0.3) is 0 Å². The van der Waals surface area contributed by atoms with Crippen molar-refractivity contribution >= 4 is 157 Å². The Labute approximate surface area is 211 Å². The molecule has 0 atom stereocenters. The average molecular weight is 1070 g/mol. The van der Waals surface area contributed by atoms with Crippen molar-refractivity contribution in [3.8, 4) is 0 Å². The molecule has 0 bridgehead atoms. The zero-order valence-corrected chi connectivity index (χ0v) is 28.3. The van der Waals surface area contributed by atoms with Crippen molar-refractivity contribution in [2.75, 3.05) is 0 Å². The second-order valence-corrected chi connectivity index (χ2v) is 10.7. The van der Waals surface area contributed by atoms with Gasteiger partial charge < -0.3 is 90.8 Å². The fourth-order valence-electron chi connectivity index (χ4n) is 0. The Hall–Kier alpha value is 4.86. The van der Waals surface area contributed by atoms with Gasteiger partial charge in [0.15, 0.2) is 0 Å². The van der Waals surface area contributed by atoms with Gasteiger partial charge in [-0.25, -0.2) is 6.80 Å². The van der Waals surface area contributed by atoms with E-state index in [0.717, 1.165) is 0 Å². The molecule has 0 spiro atoms. The zero-order valence-electron chi connectivity index (χ0n) is 9.82. The standard InChI is InChI=1S/4H3O3PS.3Pb/c4*1-4(2,3)5;;;/h4*(H3,1,2,3,5);;;/p-12. The molecule has 0 aliphatic rings. The third-order valence-electron chi connectivity index (χ3n) is 0. The van der Waals surface area contributed by atoms with Crippen molar-refractivity contribution in [3.05, 3.63) is 0 Å². The summed E-state index contributed by atoms with van der Waals surface area (Å²) < 4.78 is 8.92. The molecule has 0 saturated heterocycles. The summed E-state index contributed by atoms with van der Waals surface area (Å²) in [6.07, 6.45) is 0. The second-order valence-electron chi connectivity index (χ2n) is 1.79. The van der Waals surface area contributed by atoms with E-state index in [0.29, 0.717) is 0 Å². The van der Waals surface area contributed by atoms with Crippen LogP contribution in [0.4, 0.5) is 0 Å². The van der Waals surface area contributed by atoms with Crippen molar-refractivity contribution < 1.29 is 58.4 Å². The first kappa shape index (κ1) is 46.2. The fourth-order valence-corrected chi connectivity index (χ4v) is 0. The summed E-state index contributed by atoms with van der Waals surface area (Å²) in [5.41, 5.74) is 0. The smallest absolute Gasteiger partial charge is 0 e. The molecular formula is O12P4Pb3S4-12. The molecule has 0 aromatic carbocycles. The molecule has 0 aromatic rings. The molecule has 0 aromatic heterocycles. The van der Waals surface area contributed by atoms with Gasteiger partial charge in [0.05, 0.1) is 0 Å². The molecule has 0 saturated carbocycles. The molecule has 0 aliphatic carbocycles. The van der Waals surface area contributed by atoms with Crippen LogP contribution in [-0.2, 0) is 52.2 Å². The Kier molecular flexibility index (Phi) is 43.3. The topological polar surface area (TPSA) is 271 Å². The zero-order chi connectivity index (χ0) is 18.0. The van der Waals surface area contributed by atoms with Crippen molar-refractivity contribution in [2.24, 2.45) is 0 Å². The van der Waals surface area contributed by atoms with Crippen LogP contribution >= 0.6 is 27.0 Å². The van der Waals surface area contributed by atoms with Gasteiger partial charge in [0.1, 0.15) is 0 Å². The van der Waals surface area contributed by atoms with Crippen LogP contribution in [-0.4, -0.2) is 81.9 Å². The average Bonchev–Trinajstić information content (AvgIpc) is 1.62. The summed E-state index contributed by atoms with van der Waals surface area (Å²) in [4.78, 5) is 98.1. The predicted molar refractivity (Wildman–Crippen MR) is 75.1 cm³/mol. The molecular weight excluding hydrogens is 1070 g/mol. The molecule has 12 radical (unpaired) electrons. The van der Waals surface area contributed by atoms with Crippen molar-refractivity contribution in [1.82, 2.24) is 0 Å². The quantitative estimate of drug-likeness (QED) is 0.124. The van der Waals surface area contributed by atoms with Crippen molar-refractivity contribution in [2.45, 2.75) is 0 Å². The van der Waals surface area contributed by atoms with Gasteiger partial charge in [-0.1, -0.05) is 0 Å². The maximum Gasteiger partial charge on any atom is 0 e. The largest absolute Gasteiger partial charge is 0.844 e. The molecule has 0 unspecified atom stereocenters. The van der Waals surface area contributed by atoms with Crippen LogP contribution in [0.2, 0.25) is 0 Å². The van der Waals surface area contributed by atoms with E-state index in [1.807, 2.05) is 0 Å². The minimum atomic E-state index is -4.56. The van der Waals surface area contributed by atoms with Gasteiger partial charge in [-0.3, -0.25) is 0 Å². The molecule has 23 heteroatoms. The first-order valence-corrected chi connectivity index (χ1v) is 13.1. The van der Waals surface area contributed by atoms with Crippen LogP contribution in [0.1, 0.15) is 0 Å². The predicted octanol–water partition coefficient (Wildman–Crippen LogP) is -10.9. The van der Waals surface area contributed by atoms with E-state index in [4.69, 9.17) is 58.4 Å². The third kappa shape index (κ3) is 704. The number of hydrogen-bond acceptors (Lipinski definition) is 16. The van der Waals surface area contributed by atoms with E-state index in [1.54, 1.807) is 0 Å². The maximum absolute atomic E-state index is 8.92. The van der Waals surface area contributed by atoms with E-state index in [9.17, 15) is 0 Å². The van der Waals surface area contributed by atoms with Crippen LogP contribution in [0.5, 0.6) is 0 Å². The van der Waals surface area contributed by atoms with Gasteiger partial charge in [0.25, 0.3) is 0 Å². The minimum Gasteiger partial charge on any atom is -0.844 e. The van der Waals surface area contributed by atoms with Gasteiger partial charge in [0, 0.05) is 81.9 Å². The van der Waals surface area contributed by atoms with Crippen LogP contribution in [0.3, 0.4) is 0 Å². The second kappa shape index (κ2) is 21.6. The molecule has 0 amide bonds. The van der Waals surface area contributed by atoms with Gasteiger partial charge in [-0.05, 0) is 0 Å². The molecule has 0 N–H and O–H groups in total. The van der Waals surface area contributed by atoms with Gasteiger partial charge >= 0.3 is 0 Å². The van der Waals surface area contributed by atoms with Gasteiger partial charge in [-0.15, -0.1) is 0 Å². The first-order valence-electron chi connectivity index (χ1n) is 2.92. The summed E-state index contributed by atoms with van der Waals surface area (Å²) >= 11 is 13.1. The first-order chi connectivity index (χ1) is 8.00. The Bertz CT molecular complexity index is 305. The summed E-state index contributed by atoms with van der Waals surface area (Å²) in [5.74, 6) is 0. The Morgan fingerprint density at radius 3 is 0.522 bits per heavy atom. The van der Waals surface area contributed by atoms with E-state index in [-0.39, 0.29) is 81.9 Å². The minimum absolute atomic E-state index is 0. The van der Waals surface area contributed by atoms with E-state index in [1.165, 1.54) is 0 Å². The maximum atomic E-state index is 8.92. The van der Waals surface area contributed by atoms with E-state index >= 15 is 0 Å². The molecule has 23 heavy (non-hydrogen) atoms. The molecule has 0 fully saturated rings. The molecule has 12 nitrogen and oxygen atoms in total. The monoisotopic (exact) mass is 1070 g/mol. The van der Waals surface area contributed by atoms with E-state index < -0.39 is 27.0 Å². The summed E-state index contributed by atoms with van der Waals surface area (Å²) in [6, 6.07) is 0. The van der Waals surface area contributed by atoms with Crippen molar-refractivity contribution in [3.63, 3.8) is 0 Å². The summed E-state index contributed by atoms with van der Waals surface area (Å²) in [6.45, 7) is -18.2. The summed E-state index contributed by atoms with van der Waals surface area (Å²) in [7, 11) is 0. The third-order valence-corrected chi connectivity index (χ3v) is 0. The van der Waals surface area contributed by atoms with Gasteiger partial charge in [-0.2, -0.15) is 35.4 Å². The normalized spacial score (nSPS) is 10.3.